The highest BCUT2D eigenvalue weighted by Gasteiger charge is 2.34. The van der Waals surface area contributed by atoms with Crippen LogP contribution in [-0.2, 0) is 4.79 Å². The summed E-state index contributed by atoms with van der Waals surface area (Å²) in [5, 5.41) is 2.88. The van der Waals surface area contributed by atoms with Crippen molar-refractivity contribution in [3.8, 4) is 0 Å². The van der Waals surface area contributed by atoms with Gasteiger partial charge in [-0.3, -0.25) is 9.69 Å². The molecule has 7 heteroatoms. The zero-order valence-corrected chi connectivity index (χ0v) is 14.3. The van der Waals surface area contributed by atoms with Gasteiger partial charge >= 0.3 is 0 Å². The summed E-state index contributed by atoms with van der Waals surface area (Å²) < 4.78 is 0.465. The normalized spacial score (nSPS) is 17.0. The molecule has 106 valence electrons. The van der Waals surface area contributed by atoms with Crippen molar-refractivity contribution in [1.82, 2.24) is 0 Å². The molecule has 0 aliphatic carbocycles. The monoisotopic (exact) mass is 371 g/mol. The maximum atomic E-state index is 12.5. The predicted molar refractivity (Wildman–Crippen MR) is 96.4 cm³/mol. The SMILES string of the molecule is O=C1C(=Cc2cccs2)SC(=S)N1c1ccc(Cl)cc1Cl. The fourth-order valence-electron chi connectivity index (χ4n) is 1.84. The van der Waals surface area contributed by atoms with Crippen LogP contribution in [0.25, 0.3) is 6.08 Å². The number of anilines is 1. The molecule has 1 aliphatic rings. The molecule has 0 spiro atoms. The molecule has 21 heavy (non-hydrogen) atoms. The summed E-state index contributed by atoms with van der Waals surface area (Å²) in [5.74, 6) is -0.164. The van der Waals surface area contributed by atoms with E-state index >= 15 is 0 Å². The van der Waals surface area contributed by atoms with Gasteiger partial charge in [-0.05, 0) is 35.7 Å². The van der Waals surface area contributed by atoms with Gasteiger partial charge in [0, 0.05) is 9.90 Å². The molecule has 1 fully saturated rings. The summed E-state index contributed by atoms with van der Waals surface area (Å²) in [5.41, 5.74) is 0.554. The fraction of sp³-hybridized carbons (Fsp3) is 0. The van der Waals surface area contributed by atoms with Gasteiger partial charge in [0.05, 0.1) is 15.6 Å². The van der Waals surface area contributed by atoms with Crippen molar-refractivity contribution in [2.24, 2.45) is 0 Å². The topological polar surface area (TPSA) is 20.3 Å². The van der Waals surface area contributed by atoms with Crippen LogP contribution in [-0.4, -0.2) is 10.2 Å². The summed E-state index contributed by atoms with van der Waals surface area (Å²) in [6.07, 6.45) is 1.84. The van der Waals surface area contributed by atoms with Crippen molar-refractivity contribution in [3.63, 3.8) is 0 Å². The molecule has 1 amide bonds. The lowest BCUT2D eigenvalue weighted by Crippen LogP contribution is -2.27. The number of nitrogens with zero attached hydrogens (tertiary/aromatic N) is 1. The molecule has 2 heterocycles. The Labute approximate surface area is 145 Å². The molecule has 0 bridgehead atoms. The molecular weight excluding hydrogens is 365 g/mol. The Hall–Kier alpha value is -0.850. The lowest BCUT2D eigenvalue weighted by Gasteiger charge is -2.16. The highest BCUT2D eigenvalue weighted by Crippen LogP contribution is 2.39. The average molecular weight is 372 g/mol. The molecular formula is C14H7Cl2NOS3. The van der Waals surface area contributed by atoms with Crippen LogP contribution < -0.4 is 4.90 Å². The molecule has 0 atom stereocenters. The van der Waals surface area contributed by atoms with Gasteiger partial charge in [-0.2, -0.15) is 0 Å². The lowest BCUT2D eigenvalue weighted by molar-refractivity contribution is -0.113. The fourth-order valence-corrected chi connectivity index (χ4v) is 4.34. The second kappa shape index (κ2) is 6.10. The maximum absolute atomic E-state index is 12.5. The first-order valence-corrected chi connectivity index (χ1v) is 8.69. The van der Waals surface area contributed by atoms with E-state index in [9.17, 15) is 4.79 Å². The number of carbonyl (C=O) groups excluding carboxylic acids is 1. The molecule has 0 saturated carbocycles. The Kier molecular flexibility index (Phi) is 4.38. The quantitative estimate of drug-likeness (QED) is 0.516. The van der Waals surface area contributed by atoms with Crippen molar-refractivity contribution in [2.45, 2.75) is 0 Å². The van der Waals surface area contributed by atoms with Crippen LogP contribution in [0, 0.1) is 0 Å². The lowest BCUT2D eigenvalue weighted by atomic mass is 10.3. The zero-order valence-electron chi connectivity index (χ0n) is 10.4. The van der Waals surface area contributed by atoms with Crippen LogP contribution in [0.1, 0.15) is 4.88 Å². The first-order valence-electron chi connectivity index (χ1n) is 5.83. The van der Waals surface area contributed by atoms with Gasteiger partial charge in [-0.15, -0.1) is 11.3 Å². The molecule has 0 N–H and O–H groups in total. The van der Waals surface area contributed by atoms with Gasteiger partial charge in [-0.1, -0.05) is 53.2 Å². The van der Waals surface area contributed by atoms with Gasteiger partial charge in [0.1, 0.15) is 0 Å². The van der Waals surface area contributed by atoms with Crippen molar-refractivity contribution in [2.75, 3.05) is 4.90 Å². The number of hydrogen-bond donors (Lipinski definition) is 0. The molecule has 0 radical (unpaired) electrons. The van der Waals surface area contributed by atoms with E-state index in [1.165, 1.54) is 16.7 Å². The second-order valence-corrected chi connectivity index (χ2v) is 7.63. The van der Waals surface area contributed by atoms with Crippen molar-refractivity contribution in [3.05, 3.63) is 55.5 Å². The van der Waals surface area contributed by atoms with Crippen LogP contribution in [0.3, 0.4) is 0 Å². The summed E-state index contributed by atoms with van der Waals surface area (Å²) in [7, 11) is 0. The summed E-state index contributed by atoms with van der Waals surface area (Å²) >= 11 is 20.2. The summed E-state index contributed by atoms with van der Waals surface area (Å²) in [6, 6.07) is 8.87. The third-order valence-electron chi connectivity index (χ3n) is 2.76. The van der Waals surface area contributed by atoms with Gasteiger partial charge in [-0.25, -0.2) is 0 Å². The molecule has 1 saturated heterocycles. The highest BCUT2D eigenvalue weighted by molar-refractivity contribution is 8.27. The van der Waals surface area contributed by atoms with E-state index in [2.05, 4.69) is 0 Å². The van der Waals surface area contributed by atoms with E-state index in [1.807, 2.05) is 23.6 Å². The van der Waals surface area contributed by atoms with Gasteiger partial charge in [0.15, 0.2) is 4.32 Å². The maximum Gasteiger partial charge on any atom is 0.270 e. The van der Waals surface area contributed by atoms with Crippen LogP contribution >= 0.6 is 58.5 Å². The van der Waals surface area contributed by atoms with Crippen LogP contribution in [0.5, 0.6) is 0 Å². The molecule has 2 nitrogen and oxygen atoms in total. The minimum atomic E-state index is -0.164. The van der Waals surface area contributed by atoms with Crippen LogP contribution in [0.15, 0.2) is 40.6 Å². The van der Waals surface area contributed by atoms with Gasteiger partial charge < -0.3 is 0 Å². The molecule has 2 aromatic rings. The number of halogens is 2. The Bertz CT molecular complexity index is 756. The Morgan fingerprint density at radius 1 is 1.24 bits per heavy atom. The zero-order chi connectivity index (χ0) is 15.0. The smallest absolute Gasteiger partial charge is 0.268 e. The van der Waals surface area contributed by atoms with Crippen molar-refractivity contribution in [1.29, 1.82) is 0 Å². The Morgan fingerprint density at radius 3 is 2.71 bits per heavy atom. The number of carbonyl (C=O) groups is 1. The molecule has 3 rings (SSSR count). The first kappa shape index (κ1) is 15.1. The largest absolute Gasteiger partial charge is 0.270 e. The van der Waals surface area contributed by atoms with E-state index in [0.29, 0.717) is 25.0 Å². The number of amides is 1. The minimum Gasteiger partial charge on any atom is -0.268 e. The van der Waals surface area contributed by atoms with E-state index in [1.54, 1.807) is 29.5 Å². The van der Waals surface area contributed by atoms with E-state index in [0.717, 1.165) is 4.88 Å². The first-order chi connectivity index (χ1) is 10.1. The molecule has 1 aliphatic heterocycles. The molecule has 1 aromatic heterocycles. The van der Waals surface area contributed by atoms with Crippen LogP contribution in [0.4, 0.5) is 5.69 Å². The summed E-state index contributed by atoms with van der Waals surface area (Å²) in [4.78, 5) is 15.6. The van der Waals surface area contributed by atoms with E-state index in [-0.39, 0.29) is 5.91 Å². The Balaban J connectivity index is 1.98. The standard InChI is InChI=1S/C14H7Cl2NOS3/c15-8-3-4-11(10(16)6-8)17-13(18)12(21-14(17)19)7-9-2-1-5-20-9/h1-7H. The number of rotatable bonds is 2. The second-order valence-electron chi connectivity index (χ2n) is 4.13. The number of thiocarbonyl (C=S) groups is 1. The van der Waals surface area contributed by atoms with Crippen molar-refractivity contribution >= 4 is 80.5 Å². The van der Waals surface area contributed by atoms with Gasteiger partial charge in [0.25, 0.3) is 5.91 Å². The van der Waals surface area contributed by atoms with E-state index in [4.69, 9.17) is 35.4 Å². The van der Waals surface area contributed by atoms with E-state index < -0.39 is 0 Å². The number of hydrogen-bond acceptors (Lipinski definition) is 4. The predicted octanol–water partition coefficient (Wildman–Crippen LogP) is 5.46. The number of thioether (sulfide) groups is 1. The number of thiophene rings is 1. The average Bonchev–Trinajstić information content (AvgIpc) is 3.02. The molecule has 1 aromatic carbocycles. The minimum absolute atomic E-state index is 0.164. The van der Waals surface area contributed by atoms with Crippen molar-refractivity contribution < 1.29 is 4.79 Å². The third kappa shape index (κ3) is 3.03. The highest BCUT2D eigenvalue weighted by atomic mass is 35.5. The summed E-state index contributed by atoms with van der Waals surface area (Å²) in [6.45, 7) is 0. The molecule has 0 unspecified atom stereocenters. The number of benzene rings is 1. The van der Waals surface area contributed by atoms with Gasteiger partial charge in [0.2, 0.25) is 0 Å². The van der Waals surface area contributed by atoms with Crippen LogP contribution in [0.2, 0.25) is 10.0 Å². The third-order valence-corrected chi connectivity index (χ3v) is 5.42. The Morgan fingerprint density at radius 2 is 2.05 bits per heavy atom.